The van der Waals surface area contributed by atoms with E-state index >= 15 is 0 Å². The van der Waals surface area contributed by atoms with Gasteiger partial charge in [-0.25, -0.2) is 4.98 Å². The molecule has 0 saturated carbocycles. The van der Waals surface area contributed by atoms with Crippen molar-refractivity contribution in [2.45, 2.75) is 26.5 Å². The van der Waals surface area contributed by atoms with Gasteiger partial charge in [0.25, 0.3) is 5.56 Å². The maximum Gasteiger partial charge on any atom is 0.258 e. The molecule has 1 N–H and O–H groups in total. The second-order valence-corrected chi connectivity index (χ2v) is 6.59. The minimum Gasteiger partial charge on any atom is -0.489 e. The molecule has 2 aromatic heterocycles. The first kappa shape index (κ1) is 15.8. The van der Waals surface area contributed by atoms with Crippen LogP contribution in [0.5, 0.6) is 5.75 Å². The summed E-state index contributed by atoms with van der Waals surface area (Å²) < 4.78 is 7.13. The number of nitrogens with one attached hydrogen (secondary N) is 1. The van der Waals surface area contributed by atoms with Gasteiger partial charge in [0, 0.05) is 23.3 Å². The van der Waals surface area contributed by atoms with Crippen molar-refractivity contribution in [1.82, 2.24) is 9.38 Å². The highest BCUT2D eigenvalue weighted by Gasteiger charge is 2.06. The van der Waals surface area contributed by atoms with E-state index in [1.54, 1.807) is 12.3 Å². The molecule has 3 aromatic rings. The Morgan fingerprint density at radius 2 is 2.22 bits per heavy atom. The zero-order valence-electron chi connectivity index (χ0n) is 12.7. The summed E-state index contributed by atoms with van der Waals surface area (Å²) in [6, 6.07) is 7.05. The van der Waals surface area contributed by atoms with Crippen LogP contribution in [-0.2, 0) is 6.54 Å². The number of halogens is 1. The van der Waals surface area contributed by atoms with Gasteiger partial charge in [-0.1, -0.05) is 11.6 Å². The smallest absolute Gasteiger partial charge is 0.258 e. The van der Waals surface area contributed by atoms with Crippen molar-refractivity contribution in [3.8, 4) is 5.75 Å². The number of fused-ring (bicyclic) bond motifs is 1. The third kappa shape index (κ3) is 3.65. The highest BCUT2D eigenvalue weighted by Crippen LogP contribution is 2.28. The van der Waals surface area contributed by atoms with Crippen LogP contribution in [0.2, 0.25) is 5.02 Å². The maximum atomic E-state index is 11.9. The van der Waals surface area contributed by atoms with Crippen LogP contribution >= 0.6 is 22.9 Å². The third-order valence-electron chi connectivity index (χ3n) is 3.12. The highest BCUT2D eigenvalue weighted by atomic mass is 35.5. The van der Waals surface area contributed by atoms with Gasteiger partial charge in [-0.05, 0) is 32.0 Å². The lowest BCUT2D eigenvalue weighted by atomic mass is 10.3. The van der Waals surface area contributed by atoms with Gasteiger partial charge in [-0.2, -0.15) is 0 Å². The van der Waals surface area contributed by atoms with Gasteiger partial charge in [-0.15, -0.1) is 11.3 Å². The van der Waals surface area contributed by atoms with Crippen LogP contribution in [0.15, 0.2) is 40.6 Å². The van der Waals surface area contributed by atoms with E-state index in [9.17, 15) is 4.79 Å². The largest absolute Gasteiger partial charge is 0.489 e. The number of rotatable bonds is 5. The molecule has 120 valence electrons. The Bertz CT molecular complexity index is 888. The predicted octanol–water partition coefficient (Wildman–Crippen LogP) is 3.81. The molecular weight excluding hydrogens is 334 g/mol. The molecule has 7 heteroatoms. The van der Waals surface area contributed by atoms with Gasteiger partial charge < -0.3 is 10.1 Å². The molecule has 3 rings (SSSR count). The monoisotopic (exact) mass is 349 g/mol. The molecule has 0 amide bonds. The molecule has 0 atom stereocenters. The summed E-state index contributed by atoms with van der Waals surface area (Å²) in [5.41, 5.74) is 1.46. The molecule has 0 radical (unpaired) electrons. The van der Waals surface area contributed by atoms with Crippen LogP contribution in [0.25, 0.3) is 4.96 Å². The molecule has 23 heavy (non-hydrogen) atoms. The van der Waals surface area contributed by atoms with Gasteiger partial charge in [-0.3, -0.25) is 9.20 Å². The van der Waals surface area contributed by atoms with Crippen molar-refractivity contribution >= 4 is 33.6 Å². The summed E-state index contributed by atoms with van der Waals surface area (Å²) in [6.45, 7) is 4.35. The molecule has 0 aliphatic carbocycles. The Hall–Kier alpha value is -2.05. The van der Waals surface area contributed by atoms with Crippen molar-refractivity contribution in [1.29, 1.82) is 0 Å². The number of nitrogens with zero attached hydrogens (tertiary/aromatic N) is 2. The zero-order chi connectivity index (χ0) is 16.4. The van der Waals surface area contributed by atoms with E-state index in [0.717, 1.165) is 5.69 Å². The Labute approximate surface area is 142 Å². The molecule has 0 saturated heterocycles. The summed E-state index contributed by atoms with van der Waals surface area (Å²) in [5.74, 6) is 0.656. The van der Waals surface area contributed by atoms with Crippen molar-refractivity contribution in [3.63, 3.8) is 0 Å². The quantitative estimate of drug-likeness (QED) is 0.761. The van der Waals surface area contributed by atoms with E-state index in [0.29, 0.717) is 28.0 Å². The average molecular weight is 350 g/mol. The van der Waals surface area contributed by atoms with Crippen LogP contribution in [0.4, 0.5) is 5.69 Å². The Morgan fingerprint density at radius 3 is 2.96 bits per heavy atom. The van der Waals surface area contributed by atoms with Gasteiger partial charge in [0.05, 0.1) is 23.4 Å². The third-order valence-corrected chi connectivity index (χ3v) is 4.18. The Morgan fingerprint density at radius 1 is 1.39 bits per heavy atom. The van der Waals surface area contributed by atoms with Crippen LogP contribution in [0, 0.1) is 0 Å². The number of aromatic nitrogens is 2. The molecule has 0 fully saturated rings. The number of ether oxygens (including phenoxy) is 1. The van der Waals surface area contributed by atoms with Crippen LogP contribution in [0.1, 0.15) is 19.5 Å². The van der Waals surface area contributed by atoms with E-state index in [2.05, 4.69) is 10.3 Å². The molecular formula is C16H16ClN3O2S. The minimum absolute atomic E-state index is 0.0704. The normalized spacial score (nSPS) is 11.1. The number of anilines is 1. The number of hydrogen-bond donors (Lipinski definition) is 1. The molecule has 5 nitrogen and oxygen atoms in total. The first-order valence-electron chi connectivity index (χ1n) is 7.19. The number of hydrogen-bond acceptors (Lipinski definition) is 5. The standard InChI is InChI=1S/C16H16ClN3O2S/c1-10(2)22-14-4-3-11(7-13(14)17)18-9-12-8-15(21)20-5-6-23-16(20)19-12/h3-8,10,18H,9H2,1-2H3. The SMILES string of the molecule is CC(C)Oc1ccc(NCc2cc(=O)n3ccsc3n2)cc1Cl. The summed E-state index contributed by atoms with van der Waals surface area (Å²) in [4.78, 5) is 17.1. The van der Waals surface area contributed by atoms with Gasteiger partial charge in [0.1, 0.15) is 5.75 Å². The average Bonchev–Trinajstić information content (AvgIpc) is 2.96. The first-order chi connectivity index (χ1) is 11.0. The number of thiazole rings is 1. The molecule has 0 spiro atoms. The van der Waals surface area contributed by atoms with Gasteiger partial charge >= 0.3 is 0 Å². The van der Waals surface area contributed by atoms with Crippen LogP contribution < -0.4 is 15.6 Å². The highest BCUT2D eigenvalue weighted by molar-refractivity contribution is 7.15. The fourth-order valence-electron chi connectivity index (χ4n) is 2.13. The second-order valence-electron chi connectivity index (χ2n) is 5.31. The van der Waals surface area contributed by atoms with E-state index in [-0.39, 0.29) is 11.7 Å². The topological polar surface area (TPSA) is 55.6 Å². The maximum absolute atomic E-state index is 11.9. The fourth-order valence-corrected chi connectivity index (χ4v) is 3.10. The molecule has 0 aliphatic heterocycles. The lowest BCUT2D eigenvalue weighted by molar-refractivity contribution is 0.242. The second kappa shape index (κ2) is 6.60. The summed E-state index contributed by atoms with van der Waals surface area (Å²) >= 11 is 7.65. The van der Waals surface area contributed by atoms with E-state index < -0.39 is 0 Å². The lowest BCUT2D eigenvalue weighted by Crippen LogP contribution is -2.14. The van der Waals surface area contributed by atoms with Crippen molar-refractivity contribution in [3.05, 3.63) is 56.9 Å². The summed E-state index contributed by atoms with van der Waals surface area (Å²) in [7, 11) is 0. The molecule has 2 heterocycles. The lowest BCUT2D eigenvalue weighted by Gasteiger charge is -2.13. The minimum atomic E-state index is -0.0771. The van der Waals surface area contributed by atoms with Crippen LogP contribution in [0.3, 0.4) is 0 Å². The van der Waals surface area contributed by atoms with E-state index in [4.69, 9.17) is 16.3 Å². The first-order valence-corrected chi connectivity index (χ1v) is 8.44. The molecule has 0 bridgehead atoms. The van der Waals surface area contributed by atoms with E-state index in [1.165, 1.54) is 21.8 Å². The fraction of sp³-hybridized carbons (Fsp3) is 0.250. The molecule has 1 aromatic carbocycles. The summed E-state index contributed by atoms with van der Waals surface area (Å²) in [5, 5.41) is 5.61. The van der Waals surface area contributed by atoms with E-state index in [1.807, 2.05) is 31.4 Å². The molecule has 0 aliphatic rings. The van der Waals surface area contributed by atoms with Crippen molar-refractivity contribution in [2.24, 2.45) is 0 Å². The van der Waals surface area contributed by atoms with Crippen molar-refractivity contribution < 1.29 is 4.74 Å². The predicted molar refractivity (Wildman–Crippen MR) is 93.9 cm³/mol. The zero-order valence-corrected chi connectivity index (χ0v) is 14.3. The van der Waals surface area contributed by atoms with Gasteiger partial charge in [0.15, 0.2) is 4.96 Å². The Balaban J connectivity index is 1.74. The number of benzene rings is 1. The van der Waals surface area contributed by atoms with Crippen molar-refractivity contribution in [2.75, 3.05) is 5.32 Å². The van der Waals surface area contributed by atoms with Crippen LogP contribution in [-0.4, -0.2) is 15.5 Å². The summed E-state index contributed by atoms with van der Waals surface area (Å²) in [6.07, 6.45) is 1.79. The Kier molecular flexibility index (Phi) is 4.54. The van der Waals surface area contributed by atoms with Gasteiger partial charge in [0.2, 0.25) is 0 Å². The molecule has 0 unspecified atom stereocenters.